The number of rotatable bonds is 8. The molecule has 8 saturated carbocycles. The third-order valence-corrected chi connectivity index (χ3v) is 12.6. The first-order valence-corrected chi connectivity index (χ1v) is 15.2. The zero-order valence-electron chi connectivity index (χ0n) is 22.8. The van der Waals surface area contributed by atoms with Gasteiger partial charge >= 0.3 is 11.9 Å². The molecule has 0 amide bonds. The highest BCUT2D eigenvalue weighted by Gasteiger charge is 2.66. The molecule has 37 heavy (non-hydrogen) atoms. The van der Waals surface area contributed by atoms with E-state index in [0.717, 1.165) is 57.8 Å². The highest BCUT2D eigenvalue weighted by molar-refractivity contribution is 5.89. The molecule has 0 N–H and O–H groups in total. The van der Waals surface area contributed by atoms with Gasteiger partial charge in [-0.3, -0.25) is 14.4 Å². The molecule has 8 aliphatic carbocycles. The molecule has 10 unspecified atom stereocenters. The Balaban J connectivity index is 0.939. The molecule has 8 bridgehead atoms. The molecular formula is C31H44O6. The van der Waals surface area contributed by atoms with Gasteiger partial charge in [-0.25, -0.2) is 0 Å². The van der Waals surface area contributed by atoms with Crippen molar-refractivity contribution in [3.8, 4) is 0 Å². The Hall–Kier alpha value is -1.43. The summed E-state index contributed by atoms with van der Waals surface area (Å²) < 4.78 is 17.7. The summed E-state index contributed by atoms with van der Waals surface area (Å²) in [5.41, 5.74) is -0.758. The molecule has 10 atom stereocenters. The maximum atomic E-state index is 13.2. The zero-order valence-corrected chi connectivity index (χ0v) is 22.8. The molecule has 0 radical (unpaired) electrons. The maximum Gasteiger partial charge on any atom is 0.311 e. The lowest BCUT2D eigenvalue weighted by Gasteiger charge is -2.55. The Kier molecular flexibility index (Phi) is 5.67. The third kappa shape index (κ3) is 3.70. The van der Waals surface area contributed by atoms with Crippen molar-refractivity contribution in [2.45, 2.75) is 91.1 Å². The maximum absolute atomic E-state index is 13.2. The summed E-state index contributed by atoms with van der Waals surface area (Å²) in [6.45, 7) is 6.35. The summed E-state index contributed by atoms with van der Waals surface area (Å²) in [7, 11) is 0. The van der Waals surface area contributed by atoms with Gasteiger partial charge < -0.3 is 14.2 Å². The lowest BCUT2D eigenvalue weighted by Crippen LogP contribution is -2.55. The highest BCUT2D eigenvalue weighted by atomic mass is 16.7. The van der Waals surface area contributed by atoms with Crippen LogP contribution in [0.4, 0.5) is 0 Å². The van der Waals surface area contributed by atoms with E-state index in [0.29, 0.717) is 59.7 Å². The van der Waals surface area contributed by atoms with Crippen molar-refractivity contribution in [1.82, 2.24) is 0 Å². The van der Waals surface area contributed by atoms with Crippen molar-refractivity contribution < 1.29 is 28.6 Å². The Morgan fingerprint density at radius 3 is 2.35 bits per heavy atom. The van der Waals surface area contributed by atoms with Crippen molar-refractivity contribution in [2.75, 3.05) is 13.4 Å². The smallest absolute Gasteiger partial charge is 0.311 e. The monoisotopic (exact) mass is 512 g/mol. The number of hydrogen-bond donors (Lipinski definition) is 0. The highest BCUT2D eigenvalue weighted by Crippen LogP contribution is 2.69. The quantitative estimate of drug-likeness (QED) is 0.193. The van der Waals surface area contributed by atoms with Crippen LogP contribution < -0.4 is 0 Å². The minimum atomic E-state index is -0.441. The fourth-order valence-corrected chi connectivity index (χ4v) is 11.0. The van der Waals surface area contributed by atoms with Crippen LogP contribution in [0.2, 0.25) is 0 Å². The number of carbonyl (C=O) groups is 3. The minimum absolute atomic E-state index is 0.0155. The van der Waals surface area contributed by atoms with E-state index in [-0.39, 0.29) is 42.1 Å². The molecule has 0 aromatic heterocycles. The molecule has 0 aromatic carbocycles. The van der Waals surface area contributed by atoms with Crippen molar-refractivity contribution in [3.63, 3.8) is 0 Å². The van der Waals surface area contributed by atoms with Crippen LogP contribution in [0.15, 0.2) is 0 Å². The predicted molar refractivity (Wildman–Crippen MR) is 135 cm³/mol. The van der Waals surface area contributed by atoms with Gasteiger partial charge in [-0.05, 0) is 125 Å². The van der Waals surface area contributed by atoms with E-state index in [1.807, 2.05) is 20.8 Å². The van der Waals surface area contributed by atoms with Crippen LogP contribution in [0, 0.1) is 70.0 Å². The van der Waals surface area contributed by atoms with Crippen molar-refractivity contribution in [2.24, 2.45) is 70.0 Å². The van der Waals surface area contributed by atoms with Crippen LogP contribution in [-0.4, -0.2) is 37.2 Å². The first-order valence-electron chi connectivity index (χ1n) is 15.2. The normalized spacial score (nSPS) is 48.5. The molecular weight excluding hydrogens is 468 g/mol. The largest absolute Gasteiger partial charge is 0.462 e. The van der Waals surface area contributed by atoms with Gasteiger partial charge in [0.15, 0.2) is 6.79 Å². The third-order valence-electron chi connectivity index (χ3n) is 12.6. The van der Waals surface area contributed by atoms with Gasteiger partial charge in [-0.2, -0.15) is 0 Å². The minimum Gasteiger partial charge on any atom is -0.462 e. The van der Waals surface area contributed by atoms with Gasteiger partial charge in [0, 0.05) is 5.92 Å². The molecule has 0 saturated heterocycles. The Labute approximate surface area is 220 Å². The van der Waals surface area contributed by atoms with E-state index in [1.54, 1.807) is 0 Å². The molecule has 0 aliphatic heterocycles. The summed E-state index contributed by atoms with van der Waals surface area (Å²) in [5, 5.41) is 0. The molecule has 0 spiro atoms. The first-order chi connectivity index (χ1) is 17.7. The van der Waals surface area contributed by atoms with Crippen molar-refractivity contribution in [1.29, 1.82) is 0 Å². The predicted octanol–water partition coefficient (Wildman–Crippen LogP) is 5.18. The number of ketones is 1. The molecule has 6 heteroatoms. The SMILES string of the molecule is CCC(C)(C)C(=O)OC1CC2CC1C1C3CC(CC3C(=O)OCOCC34CC5CC(CC(C5)C3=O)C4)C21. The van der Waals surface area contributed by atoms with Crippen LogP contribution >= 0.6 is 0 Å². The zero-order chi connectivity index (χ0) is 25.7. The van der Waals surface area contributed by atoms with E-state index < -0.39 is 5.41 Å². The second-order valence-corrected chi connectivity index (χ2v) is 14.9. The summed E-state index contributed by atoms with van der Waals surface area (Å²) in [6, 6.07) is 0. The standard InChI is InChI=1S/C31H44O6/c1-4-30(2,3)29(34)37-24-11-19-10-23(24)26-21-8-18(25(19)26)9-22(21)28(33)36-15-35-14-31-12-16-5-17(13-31)7-20(6-16)27(31)32/h16-26H,4-15H2,1-3H3. The van der Waals surface area contributed by atoms with Gasteiger partial charge in [0.1, 0.15) is 11.9 Å². The van der Waals surface area contributed by atoms with Gasteiger partial charge in [-0.1, -0.05) is 6.92 Å². The number of Topliss-reactive ketones (excluding diaryl/α,β-unsaturated/α-hetero) is 1. The summed E-state index contributed by atoms with van der Waals surface area (Å²) >= 11 is 0. The van der Waals surface area contributed by atoms with Crippen LogP contribution in [0.25, 0.3) is 0 Å². The summed E-state index contributed by atoms with van der Waals surface area (Å²) in [4.78, 5) is 39.0. The van der Waals surface area contributed by atoms with Gasteiger partial charge in [-0.15, -0.1) is 0 Å². The van der Waals surface area contributed by atoms with E-state index in [9.17, 15) is 14.4 Å². The van der Waals surface area contributed by atoms with E-state index >= 15 is 0 Å². The fourth-order valence-electron chi connectivity index (χ4n) is 11.0. The average Bonchev–Trinajstić information content (AvgIpc) is 3.64. The van der Waals surface area contributed by atoms with Crippen molar-refractivity contribution >= 4 is 17.7 Å². The fraction of sp³-hybridized carbons (Fsp3) is 0.903. The lowest BCUT2D eigenvalue weighted by molar-refractivity contribution is -0.178. The molecule has 8 aliphatic rings. The van der Waals surface area contributed by atoms with E-state index in [2.05, 4.69) is 0 Å². The van der Waals surface area contributed by atoms with Crippen LogP contribution in [0.1, 0.15) is 85.0 Å². The first kappa shape index (κ1) is 24.6. The number of fused-ring (bicyclic) bond motifs is 9. The summed E-state index contributed by atoms with van der Waals surface area (Å²) in [5.74, 6) is 4.97. The van der Waals surface area contributed by atoms with Crippen molar-refractivity contribution in [3.05, 3.63) is 0 Å². The molecule has 204 valence electrons. The molecule has 8 fully saturated rings. The average molecular weight is 513 g/mol. The number of carbonyl (C=O) groups excluding carboxylic acids is 3. The van der Waals surface area contributed by atoms with Gasteiger partial charge in [0.2, 0.25) is 0 Å². The van der Waals surface area contributed by atoms with Crippen LogP contribution in [0.5, 0.6) is 0 Å². The number of hydrogen-bond acceptors (Lipinski definition) is 6. The Morgan fingerprint density at radius 2 is 1.62 bits per heavy atom. The number of esters is 2. The molecule has 0 aromatic rings. The Bertz CT molecular complexity index is 972. The van der Waals surface area contributed by atoms with Gasteiger partial charge in [0.05, 0.1) is 23.4 Å². The van der Waals surface area contributed by atoms with Crippen LogP contribution in [-0.2, 0) is 28.6 Å². The molecule has 0 heterocycles. The summed E-state index contributed by atoms with van der Waals surface area (Å²) in [6.07, 6.45) is 10.4. The van der Waals surface area contributed by atoms with Gasteiger partial charge in [0.25, 0.3) is 0 Å². The second-order valence-electron chi connectivity index (χ2n) is 14.9. The molecule has 8 rings (SSSR count). The number of ether oxygens (including phenoxy) is 3. The Morgan fingerprint density at radius 1 is 0.919 bits per heavy atom. The van der Waals surface area contributed by atoms with Crippen LogP contribution in [0.3, 0.4) is 0 Å². The van der Waals surface area contributed by atoms with E-state index in [1.165, 1.54) is 6.42 Å². The van der Waals surface area contributed by atoms with E-state index in [4.69, 9.17) is 14.2 Å². The topological polar surface area (TPSA) is 78.9 Å². The molecule has 6 nitrogen and oxygen atoms in total. The second kappa shape index (κ2) is 8.53. The lowest BCUT2D eigenvalue weighted by atomic mass is 9.49.